The van der Waals surface area contributed by atoms with Crippen LogP contribution in [0.2, 0.25) is 10.0 Å². The quantitative estimate of drug-likeness (QED) is 0.872. The van der Waals surface area contributed by atoms with E-state index >= 15 is 0 Å². The maximum Gasteiger partial charge on any atom is 0.338 e. The van der Waals surface area contributed by atoms with Gasteiger partial charge < -0.3 is 9.84 Å². The monoisotopic (exact) mass is 325 g/mol. The normalized spacial score (nSPS) is 16.1. The topological polar surface area (TPSA) is 92.7 Å². The number of ether oxygens (including phenoxy) is 1. The molecular weight excluding hydrogens is 317 g/mol. The number of hydrogen-bond donors (Lipinski definition) is 2. The van der Waals surface area contributed by atoms with E-state index in [0.717, 1.165) is 0 Å². The minimum absolute atomic E-state index is 0.122. The first kappa shape index (κ1) is 14.5. The molecule has 19 heavy (non-hydrogen) atoms. The summed E-state index contributed by atoms with van der Waals surface area (Å²) in [6, 6.07) is 2.02. The fourth-order valence-corrected chi connectivity index (χ4v) is 3.65. The molecule has 0 aromatic heterocycles. The Bertz CT molecular complexity index is 627. The van der Waals surface area contributed by atoms with E-state index in [4.69, 9.17) is 33.0 Å². The van der Waals surface area contributed by atoms with Gasteiger partial charge in [-0.1, -0.05) is 23.2 Å². The van der Waals surface area contributed by atoms with E-state index in [0.29, 0.717) is 0 Å². The Morgan fingerprint density at radius 1 is 1.37 bits per heavy atom. The zero-order valence-electron chi connectivity index (χ0n) is 9.39. The average molecular weight is 326 g/mol. The first-order chi connectivity index (χ1) is 8.83. The van der Waals surface area contributed by atoms with Crippen LogP contribution >= 0.6 is 23.2 Å². The maximum absolute atomic E-state index is 12.1. The third-order valence-corrected chi connectivity index (χ3v) is 4.90. The van der Waals surface area contributed by atoms with Crippen molar-refractivity contribution >= 4 is 39.2 Å². The summed E-state index contributed by atoms with van der Waals surface area (Å²) >= 11 is 11.5. The van der Waals surface area contributed by atoms with Gasteiger partial charge in [0.1, 0.15) is 4.90 Å². The number of carboxylic acid groups (broad SMARTS) is 1. The van der Waals surface area contributed by atoms with Crippen LogP contribution in [0.4, 0.5) is 0 Å². The fraction of sp³-hybridized carbons (Fsp3) is 0.300. The first-order valence-corrected chi connectivity index (χ1v) is 7.38. The number of carboxylic acids is 1. The lowest BCUT2D eigenvalue weighted by molar-refractivity contribution is 0.00482. The van der Waals surface area contributed by atoms with Gasteiger partial charge >= 0.3 is 5.97 Å². The molecule has 0 aliphatic carbocycles. The van der Waals surface area contributed by atoms with Gasteiger partial charge in [-0.3, -0.25) is 0 Å². The minimum Gasteiger partial charge on any atom is -0.478 e. The summed E-state index contributed by atoms with van der Waals surface area (Å²) in [6.45, 7) is 0.548. The Labute approximate surface area is 119 Å². The van der Waals surface area contributed by atoms with E-state index in [1.54, 1.807) is 0 Å². The number of sulfonamides is 1. The zero-order valence-corrected chi connectivity index (χ0v) is 11.7. The smallest absolute Gasteiger partial charge is 0.338 e. The van der Waals surface area contributed by atoms with Gasteiger partial charge in [-0.15, -0.1) is 0 Å². The molecule has 1 aromatic carbocycles. The Morgan fingerprint density at radius 3 is 2.47 bits per heavy atom. The molecule has 6 nitrogen and oxygen atoms in total. The average Bonchev–Trinajstić information content (AvgIpc) is 2.23. The van der Waals surface area contributed by atoms with Crippen LogP contribution in [-0.4, -0.2) is 38.7 Å². The van der Waals surface area contributed by atoms with Crippen LogP contribution in [0, 0.1) is 0 Å². The highest BCUT2D eigenvalue weighted by Gasteiger charge is 2.29. The van der Waals surface area contributed by atoms with Gasteiger partial charge in [-0.05, 0) is 12.1 Å². The van der Waals surface area contributed by atoms with Crippen LogP contribution in [0.5, 0.6) is 0 Å². The summed E-state index contributed by atoms with van der Waals surface area (Å²) in [4.78, 5) is 10.7. The zero-order chi connectivity index (χ0) is 14.2. The Balaban J connectivity index is 2.44. The number of halogens is 2. The van der Waals surface area contributed by atoms with Crippen LogP contribution in [0.3, 0.4) is 0 Å². The molecule has 0 amide bonds. The van der Waals surface area contributed by atoms with Crippen molar-refractivity contribution in [2.75, 3.05) is 13.2 Å². The predicted molar refractivity (Wildman–Crippen MR) is 68.3 cm³/mol. The van der Waals surface area contributed by atoms with Gasteiger partial charge in [0.2, 0.25) is 10.0 Å². The molecule has 0 unspecified atom stereocenters. The van der Waals surface area contributed by atoms with Crippen molar-refractivity contribution in [3.05, 3.63) is 27.7 Å². The summed E-state index contributed by atoms with van der Waals surface area (Å²) in [7, 11) is -3.91. The van der Waals surface area contributed by atoms with Crippen LogP contribution in [-0.2, 0) is 14.8 Å². The lowest BCUT2D eigenvalue weighted by Gasteiger charge is -2.26. The van der Waals surface area contributed by atoms with Crippen LogP contribution in [0.15, 0.2) is 17.0 Å². The molecule has 1 aliphatic rings. The second kappa shape index (κ2) is 5.26. The SMILES string of the molecule is O=C(O)c1c(Cl)ccc(S(=O)(=O)NC2COC2)c1Cl. The standard InChI is InChI=1S/C10H9Cl2NO5S/c11-6-1-2-7(9(12)8(6)10(14)15)19(16,17)13-5-3-18-4-5/h1-2,5,13H,3-4H2,(H,14,15). The van der Waals surface area contributed by atoms with Crippen molar-refractivity contribution in [1.82, 2.24) is 4.72 Å². The molecule has 0 spiro atoms. The van der Waals surface area contributed by atoms with E-state index in [1.165, 1.54) is 12.1 Å². The summed E-state index contributed by atoms with van der Waals surface area (Å²) in [5.74, 6) is -1.39. The van der Waals surface area contributed by atoms with Gasteiger partial charge in [0.15, 0.2) is 0 Å². The van der Waals surface area contributed by atoms with Crippen molar-refractivity contribution in [3.8, 4) is 0 Å². The molecule has 2 rings (SSSR count). The Morgan fingerprint density at radius 2 is 2.00 bits per heavy atom. The summed E-state index contributed by atoms with van der Waals surface area (Å²) in [5, 5.41) is 8.44. The molecule has 0 radical (unpaired) electrons. The number of rotatable bonds is 4. The fourth-order valence-electron chi connectivity index (χ4n) is 1.52. The Kier molecular flexibility index (Phi) is 4.03. The van der Waals surface area contributed by atoms with Gasteiger partial charge in [-0.25, -0.2) is 17.9 Å². The van der Waals surface area contributed by atoms with Crippen molar-refractivity contribution in [2.45, 2.75) is 10.9 Å². The van der Waals surface area contributed by atoms with E-state index in [2.05, 4.69) is 4.72 Å². The molecule has 1 fully saturated rings. The molecule has 2 N–H and O–H groups in total. The molecule has 0 saturated carbocycles. The molecule has 0 atom stereocenters. The van der Waals surface area contributed by atoms with Crippen molar-refractivity contribution in [2.24, 2.45) is 0 Å². The third kappa shape index (κ3) is 2.85. The lowest BCUT2D eigenvalue weighted by atomic mass is 10.2. The lowest BCUT2D eigenvalue weighted by Crippen LogP contribution is -2.48. The van der Waals surface area contributed by atoms with Crippen molar-refractivity contribution in [3.63, 3.8) is 0 Å². The molecular formula is C10H9Cl2NO5S. The molecule has 9 heteroatoms. The van der Waals surface area contributed by atoms with E-state index in [1.807, 2.05) is 0 Å². The van der Waals surface area contributed by atoms with Gasteiger partial charge in [0.05, 0.1) is 34.9 Å². The van der Waals surface area contributed by atoms with Gasteiger partial charge in [0, 0.05) is 0 Å². The van der Waals surface area contributed by atoms with Crippen LogP contribution in [0.25, 0.3) is 0 Å². The minimum atomic E-state index is -3.91. The Hall–Kier alpha value is -0.860. The molecule has 0 bridgehead atoms. The molecule has 104 valence electrons. The number of benzene rings is 1. The summed E-state index contributed by atoms with van der Waals surface area (Å²) in [5.41, 5.74) is -0.434. The molecule has 1 aliphatic heterocycles. The number of nitrogens with one attached hydrogen (secondary N) is 1. The molecule has 1 heterocycles. The van der Waals surface area contributed by atoms with Crippen LogP contribution in [0.1, 0.15) is 10.4 Å². The second-order valence-corrected chi connectivity index (χ2v) is 6.36. The van der Waals surface area contributed by atoms with Crippen molar-refractivity contribution < 1.29 is 23.1 Å². The summed E-state index contributed by atoms with van der Waals surface area (Å²) < 4.78 is 31.3. The molecule has 1 aromatic rings. The van der Waals surface area contributed by atoms with E-state index in [9.17, 15) is 13.2 Å². The first-order valence-electron chi connectivity index (χ1n) is 5.14. The molecule has 1 saturated heterocycles. The summed E-state index contributed by atoms with van der Waals surface area (Å²) in [6.07, 6.45) is 0. The van der Waals surface area contributed by atoms with Gasteiger partial charge in [0.25, 0.3) is 0 Å². The number of carbonyl (C=O) groups is 1. The predicted octanol–water partition coefficient (Wildman–Crippen LogP) is 1.37. The maximum atomic E-state index is 12.1. The highest BCUT2D eigenvalue weighted by molar-refractivity contribution is 7.89. The highest BCUT2D eigenvalue weighted by atomic mass is 35.5. The largest absolute Gasteiger partial charge is 0.478 e. The van der Waals surface area contributed by atoms with E-state index < -0.39 is 26.6 Å². The third-order valence-electron chi connectivity index (χ3n) is 2.52. The highest BCUT2D eigenvalue weighted by Crippen LogP contribution is 2.31. The van der Waals surface area contributed by atoms with Crippen LogP contribution < -0.4 is 4.72 Å². The van der Waals surface area contributed by atoms with Gasteiger partial charge in [-0.2, -0.15) is 0 Å². The van der Waals surface area contributed by atoms with Crippen molar-refractivity contribution in [1.29, 1.82) is 0 Å². The number of aromatic carboxylic acids is 1. The van der Waals surface area contributed by atoms with E-state index in [-0.39, 0.29) is 29.2 Å². The number of hydrogen-bond acceptors (Lipinski definition) is 4. The second-order valence-electron chi connectivity index (χ2n) is 3.90.